The van der Waals surface area contributed by atoms with Crippen LogP contribution in [0.4, 0.5) is 18.9 Å². The van der Waals surface area contributed by atoms with Gasteiger partial charge in [0.2, 0.25) is 5.91 Å². The highest BCUT2D eigenvalue weighted by Crippen LogP contribution is 2.39. The van der Waals surface area contributed by atoms with Gasteiger partial charge in [0.1, 0.15) is 12.1 Å². The van der Waals surface area contributed by atoms with Crippen molar-refractivity contribution < 1.29 is 22.7 Å². The van der Waals surface area contributed by atoms with Gasteiger partial charge < -0.3 is 9.64 Å². The lowest BCUT2D eigenvalue weighted by atomic mass is 10.0. The van der Waals surface area contributed by atoms with E-state index in [1.807, 2.05) is 12.1 Å². The Hall–Kier alpha value is -3.34. The predicted molar refractivity (Wildman–Crippen MR) is 141 cm³/mol. The van der Waals surface area contributed by atoms with E-state index in [0.29, 0.717) is 17.9 Å². The molecular formula is C27H28F3N5O2S. The maximum Gasteiger partial charge on any atom is 0.573 e. The molecule has 1 saturated carbocycles. The van der Waals surface area contributed by atoms with Gasteiger partial charge >= 0.3 is 6.36 Å². The molecule has 1 aromatic heterocycles. The lowest BCUT2D eigenvalue weighted by molar-refractivity contribution is -0.274. The number of aryl methyl sites for hydroxylation is 1. The molecule has 0 bridgehead atoms. The molecular weight excluding hydrogens is 515 g/mol. The number of nitrogens with zero attached hydrogens (tertiary/aromatic N) is 5. The van der Waals surface area contributed by atoms with Crippen LogP contribution in [0.15, 0.2) is 59.9 Å². The van der Waals surface area contributed by atoms with Gasteiger partial charge in [-0.3, -0.25) is 4.79 Å². The summed E-state index contributed by atoms with van der Waals surface area (Å²) in [5, 5.41) is 5.32. The van der Waals surface area contributed by atoms with Crippen LogP contribution in [0.1, 0.15) is 49.9 Å². The molecule has 7 nitrogen and oxygen atoms in total. The average Bonchev–Trinajstić information content (AvgIpc) is 3.65. The van der Waals surface area contributed by atoms with E-state index in [1.165, 1.54) is 34.5 Å². The molecule has 2 unspecified atom stereocenters. The highest BCUT2D eigenvalue weighted by molar-refractivity contribution is 8.14. The molecule has 200 valence electrons. The minimum Gasteiger partial charge on any atom is -0.406 e. The highest BCUT2D eigenvalue weighted by Gasteiger charge is 2.32. The number of aromatic nitrogens is 3. The zero-order chi connectivity index (χ0) is 26.7. The quantitative estimate of drug-likeness (QED) is 0.357. The first-order chi connectivity index (χ1) is 18.3. The Morgan fingerprint density at radius 2 is 1.95 bits per heavy atom. The number of carbonyl (C=O) groups excluding carboxylic acids is 1. The Morgan fingerprint density at radius 3 is 2.71 bits per heavy atom. The third-order valence-corrected chi connectivity index (χ3v) is 7.83. The second kappa shape index (κ2) is 11.2. The predicted octanol–water partition coefficient (Wildman–Crippen LogP) is 6.14. The van der Waals surface area contributed by atoms with Crippen LogP contribution in [0.2, 0.25) is 0 Å². The Labute approximate surface area is 223 Å². The molecule has 1 amide bonds. The van der Waals surface area contributed by atoms with Crippen molar-refractivity contribution in [2.24, 2.45) is 10.9 Å². The molecule has 2 fully saturated rings. The molecule has 3 aromatic rings. The van der Waals surface area contributed by atoms with Crippen LogP contribution in [-0.2, 0) is 11.2 Å². The number of halogens is 3. The van der Waals surface area contributed by atoms with E-state index >= 15 is 0 Å². The van der Waals surface area contributed by atoms with Gasteiger partial charge in [0, 0.05) is 30.3 Å². The maximum atomic E-state index is 12.9. The Morgan fingerprint density at radius 1 is 1.16 bits per heavy atom. The minimum absolute atomic E-state index is 0.0984. The number of amides is 1. The molecule has 0 radical (unpaired) electrons. The fourth-order valence-electron chi connectivity index (χ4n) is 5.07. The molecule has 0 spiro atoms. The SMILES string of the molecule is CCc1ccccc1N1CCSC1=NC(=O)CC1CCC(c2ncn(-c3ccc(OC(F)(F)F)cc3)n2)C1. The molecule has 2 aliphatic rings. The number of para-hydroxylation sites is 1. The number of benzene rings is 2. The van der Waals surface area contributed by atoms with Gasteiger partial charge in [0.05, 0.1) is 5.69 Å². The van der Waals surface area contributed by atoms with E-state index in [4.69, 9.17) is 0 Å². The highest BCUT2D eigenvalue weighted by atomic mass is 32.2. The van der Waals surface area contributed by atoms with Crippen LogP contribution in [0.3, 0.4) is 0 Å². The van der Waals surface area contributed by atoms with Gasteiger partial charge in [0.25, 0.3) is 0 Å². The topological polar surface area (TPSA) is 72.6 Å². The van der Waals surface area contributed by atoms with E-state index in [-0.39, 0.29) is 23.5 Å². The Kier molecular flexibility index (Phi) is 7.73. The van der Waals surface area contributed by atoms with Crippen LogP contribution in [-0.4, -0.2) is 44.5 Å². The van der Waals surface area contributed by atoms with E-state index < -0.39 is 6.36 Å². The Bertz CT molecular complexity index is 1310. The number of aliphatic imine (C=N–C) groups is 1. The maximum absolute atomic E-state index is 12.9. The van der Waals surface area contributed by atoms with E-state index in [1.54, 1.807) is 18.1 Å². The van der Waals surface area contributed by atoms with Gasteiger partial charge in [-0.1, -0.05) is 36.9 Å². The largest absolute Gasteiger partial charge is 0.573 e. The summed E-state index contributed by atoms with van der Waals surface area (Å²) in [5.74, 6) is 1.53. The summed E-state index contributed by atoms with van der Waals surface area (Å²) < 4.78 is 42.6. The molecule has 38 heavy (non-hydrogen) atoms. The van der Waals surface area contributed by atoms with Crippen molar-refractivity contribution in [1.29, 1.82) is 0 Å². The molecule has 5 rings (SSSR count). The zero-order valence-electron chi connectivity index (χ0n) is 20.9. The number of hydrogen-bond donors (Lipinski definition) is 0. The molecule has 1 aliphatic carbocycles. The van der Waals surface area contributed by atoms with E-state index in [2.05, 4.69) is 43.8 Å². The third-order valence-electron chi connectivity index (χ3n) is 6.87. The van der Waals surface area contributed by atoms with Gasteiger partial charge in [-0.15, -0.1) is 13.2 Å². The number of carbonyl (C=O) groups is 1. The van der Waals surface area contributed by atoms with Crippen LogP contribution in [0.5, 0.6) is 5.75 Å². The first-order valence-electron chi connectivity index (χ1n) is 12.7. The van der Waals surface area contributed by atoms with Gasteiger partial charge in [-0.05, 0) is 67.5 Å². The molecule has 0 N–H and O–H groups in total. The number of amidine groups is 1. The van der Waals surface area contributed by atoms with Crippen LogP contribution in [0.25, 0.3) is 5.69 Å². The van der Waals surface area contributed by atoms with Crippen molar-refractivity contribution >= 4 is 28.5 Å². The summed E-state index contributed by atoms with van der Waals surface area (Å²) in [6.07, 6.45) is 0.712. The standard InChI is InChI=1S/C27H28F3N5O2S/c1-2-19-5-3-4-6-23(19)34-13-14-38-26(34)32-24(36)16-18-7-8-20(15-18)25-31-17-35(33-25)21-9-11-22(12-10-21)37-27(28,29)30/h3-6,9-12,17-18,20H,2,7-8,13-16H2,1H3. The summed E-state index contributed by atoms with van der Waals surface area (Å²) in [5.41, 5.74) is 2.95. The molecule has 2 atom stereocenters. The summed E-state index contributed by atoms with van der Waals surface area (Å²) >= 11 is 1.62. The zero-order valence-corrected chi connectivity index (χ0v) is 21.7. The summed E-state index contributed by atoms with van der Waals surface area (Å²) in [6, 6.07) is 13.7. The third kappa shape index (κ3) is 6.20. The van der Waals surface area contributed by atoms with Crippen molar-refractivity contribution in [2.75, 3.05) is 17.2 Å². The second-order valence-electron chi connectivity index (χ2n) is 9.44. The number of hydrogen-bond acceptors (Lipinski definition) is 5. The smallest absolute Gasteiger partial charge is 0.406 e. The van der Waals surface area contributed by atoms with E-state index in [0.717, 1.165) is 48.8 Å². The molecule has 1 aliphatic heterocycles. The van der Waals surface area contributed by atoms with Crippen LogP contribution >= 0.6 is 11.8 Å². The fourth-order valence-corrected chi connectivity index (χ4v) is 6.04. The van der Waals surface area contributed by atoms with Crippen molar-refractivity contribution in [3.63, 3.8) is 0 Å². The number of ether oxygens (including phenoxy) is 1. The van der Waals surface area contributed by atoms with Gasteiger partial charge in [-0.2, -0.15) is 10.1 Å². The first kappa shape index (κ1) is 26.3. The monoisotopic (exact) mass is 543 g/mol. The summed E-state index contributed by atoms with van der Waals surface area (Å²) in [4.78, 5) is 24.0. The number of alkyl halides is 3. The van der Waals surface area contributed by atoms with Crippen molar-refractivity contribution in [3.8, 4) is 11.4 Å². The number of thioether (sulfide) groups is 1. The number of rotatable bonds is 7. The normalized spacial score (nSPS) is 20.8. The fraction of sp³-hybridized carbons (Fsp3) is 0.407. The molecule has 2 aromatic carbocycles. The average molecular weight is 544 g/mol. The first-order valence-corrected chi connectivity index (χ1v) is 13.6. The lowest BCUT2D eigenvalue weighted by Gasteiger charge is -2.21. The second-order valence-corrected chi connectivity index (χ2v) is 10.5. The van der Waals surface area contributed by atoms with Gasteiger partial charge in [0.15, 0.2) is 11.0 Å². The number of anilines is 1. The van der Waals surface area contributed by atoms with Crippen molar-refractivity contribution in [2.45, 2.75) is 51.3 Å². The summed E-state index contributed by atoms with van der Waals surface area (Å²) in [7, 11) is 0. The van der Waals surface area contributed by atoms with Crippen molar-refractivity contribution in [1.82, 2.24) is 14.8 Å². The Balaban J connectivity index is 1.18. The molecule has 1 saturated heterocycles. The van der Waals surface area contributed by atoms with E-state index in [9.17, 15) is 18.0 Å². The van der Waals surface area contributed by atoms with Crippen LogP contribution < -0.4 is 9.64 Å². The molecule has 2 heterocycles. The van der Waals surface area contributed by atoms with Gasteiger partial charge in [-0.25, -0.2) is 9.67 Å². The van der Waals surface area contributed by atoms with Crippen LogP contribution in [0, 0.1) is 5.92 Å². The minimum atomic E-state index is -4.73. The van der Waals surface area contributed by atoms with Crippen molar-refractivity contribution in [3.05, 3.63) is 66.2 Å². The molecule has 11 heteroatoms. The summed E-state index contributed by atoms with van der Waals surface area (Å²) in [6.45, 7) is 2.97. The lowest BCUT2D eigenvalue weighted by Crippen LogP contribution is -2.25.